The lowest BCUT2D eigenvalue weighted by Crippen LogP contribution is -2.43. The molecule has 0 heterocycles. The van der Waals surface area contributed by atoms with E-state index in [1.165, 1.54) is 0 Å². The van der Waals surface area contributed by atoms with Crippen molar-refractivity contribution >= 4 is 17.5 Å². The normalized spacial score (nSPS) is 10.3. The van der Waals surface area contributed by atoms with Crippen LogP contribution in [-0.2, 0) is 4.79 Å². The first kappa shape index (κ1) is 20.5. The zero-order chi connectivity index (χ0) is 19.5. The summed E-state index contributed by atoms with van der Waals surface area (Å²) in [6, 6.07) is 13.4. The summed E-state index contributed by atoms with van der Waals surface area (Å²) in [5.74, 6) is 5.17. The van der Waals surface area contributed by atoms with E-state index in [-0.39, 0.29) is 5.91 Å². The van der Waals surface area contributed by atoms with E-state index in [1.54, 1.807) is 43.3 Å². The fraction of sp³-hybridized carbons (Fsp3) is 0.143. The molecule has 2 amide bonds. The van der Waals surface area contributed by atoms with Gasteiger partial charge >= 0.3 is 0 Å². The maximum Gasteiger partial charge on any atom is 0.251 e. The van der Waals surface area contributed by atoms with Gasteiger partial charge in [-0.25, -0.2) is 0 Å². The first-order valence-electron chi connectivity index (χ1n) is 8.07. The molecule has 5 heteroatoms. The number of nitrogens with two attached hydrogens (primary N) is 2. The van der Waals surface area contributed by atoms with Crippen LogP contribution in [0.2, 0.25) is 0 Å². The Morgan fingerprint density at radius 2 is 1.46 bits per heavy atom. The Balaban J connectivity index is 0.00000163. The number of primary amides is 1. The van der Waals surface area contributed by atoms with Gasteiger partial charge in [0.25, 0.3) is 5.91 Å². The lowest BCUT2D eigenvalue weighted by Gasteiger charge is -2.13. The van der Waals surface area contributed by atoms with Crippen LogP contribution in [0.25, 0.3) is 0 Å². The number of nitrogen functional groups attached to an aromatic ring is 1. The number of benzene rings is 2. The Kier molecular flexibility index (Phi) is 8.18. The van der Waals surface area contributed by atoms with Gasteiger partial charge in [0.15, 0.2) is 0 Å². The molecule has 134 valence electrons. The molecule has 0 aliphatic carbocycles. The van der Waals surface area contributed by atoms with Crippen molar-refractivity contribution < 1.29 is 9.59 Å². The van der Waals surface area contributed by atoms with E-state index in [1.807, 2.05) is 12.1 Å². The number of rotatable bonds is 4. The van der Waals surface area contributed by atoms with Crippen molar-refractivity contribution in [2.45, 2.75) is 19.4 Å². The summed E-state index contributed by atoms with van der Waals surface area (Å²) in [5, 5.41) is 2.60. The van der Waals surface area contributed by atoms with Gasteiger partial charge in [-0.2, -0.15) is 0 Å². The quantitative estimate of drug-likeness (QED) is 0.449. The minimum absolute atomic E-state index is 0.335. The average molecular weight is 349 g/mol. The maximum atomic E-state index is 12.1. The van der Waals surface area contributed by atoms with E-state index in [0.29, 0.717) is 17.7 Å². The summed E-state index contributed by atoms with van der Waals surface area (Å²) < 4.78 is 0. The Hall–Kier alpha value is -3.52. The second kappa shape index (κ2) is 10.4. The van der Waals surface area contributed by atoms with Crippen molar-refractivity contribution in [3.8, 4) is 11.8 Å². The van der Waals surface area contributed by atoms with Gasteiger partial charge in [-0.05, 0) is 55.0 Å². The van der Waals surface area contributed by atoms with Crippen molar-refractivity contribution in [3.05, 3.63) is 78.4 Å². The van der Waals surface area contributed by atoms with E-state index in [4.69, 9.17) is 11.5 Å². The molecule has 2 aromatic carbocycles. The van der Waals surface area contributed by atoms with E-state index < -0.39 is 11.9 Å². The molecule has 0 aliphatic rings. The van der Waals surface area contributed by atoms with E-state index in [0.717, 1.165) is 11.1 Å². The average Bonchev–Trinajstić information content (AvgIpc) is 2.67. The highest BCUT2D eigenvalue weighted by Gasteiger charge is 2.16. The Labute approximate surface area is 154 Å². The zero-order valence-corrected chi connectivity index (χ0v) is 14.8. The number of hydrogen-bond acceptors (Lipinski definition) is 3. The molecule has 0 spiro atoms. The van der Waals surface area contributed by atoms with Crippen LogP contribution >= 0.6 is 0 Å². The van der Waals surface area contributed by atoms with Gasteiger partial charge in [0, 0.05) is 22.4 Å². The lowest BCUT2D eigenvalue weighted by atomic mass is 10.1. The summed E-state index contributed by atoms with van der Waals surface area (Å²) in [7, 11) is 0. The highest BCUT2D eigenvalue weighted by molar-refractivity contribution is 5.97. The van der Waals surface area contributed by atoms with Crippen LogP contribution in [-0.4, -0.2) is 17.9 Å². The van der Waals surface area contributed by atoms with Crippen LogP contribution in [0.4, 0.5) is 5.69 Å². The first-order chi connectivity index (χ1) is 12.5. The summed E-state index contributed by atoms with van der Waals surface area (Å²) in [6.07, 6.45) is 0.451. The number of nitrogens with one attached hydrogen (secondary N) is 1. The third-order valence-corrected chi connectivity index (χ3v) is 3.47. The van der Waals surface area contributed by atoms with Crippen LogP contribution in [0.5, 0.6) is 0 Å². The molecule has 0 fully saturated rings. The molecule has 1 unspecified atom stereocenters. The molecule has 0 aromatic heterocycles. The number of carbonyl (C=O) groups is 2. The number of amides is 2. The van der Waals surface area contributed by atoms with Gasteiger partial charge in [0.2, 0.25) is 5.91 Å². The van der Waals surface area contributed by atoms with Gasteiger partial charge < -0.3 is 16.8 Å². The highest BCUT2D eigenvalue weighted by atomic mass is 16.2. The monoisotopic (exact) mass is 349 g/mol. The number of hydrogen-bond donors (Lipinski definition) is 3. The molecule has 0 aliphatic heterocycles. The fourth-order valence-corrected chi connectivity index (χ4v) is 2.03. The summed E-state index contributed by atoms with van der Waals surface area (Å²) in [6.45, 7) is 7.78. The first-order valence-corrected chi connectivity index (χ1v) is 8.07. The molecule has 2 aromatic rings. The van der Waals surface area contributed by atoms with Crippen molar-refractivity contribution in [1.29, 1.82) is 0 Å². The molecule has 1 atom stereocenters. The van der Waals surface area contributed by atoms with E-state index >= 15 is 0 Å². The topological polar surface area (TPSA) is 98.2 Å². The third kappa shape index (κ3) is 6.17. The van der Waals surface area contributed by atoms with Crippen LogP contribution < -0.4 is 16.8 Å². The van der Waals surface area contributed by atoms with Crippen LogP contribution in [0.3, 0.4) is 0 Å². The minimum atomic E-state index is -0.664. The Morgan fingerprint density at radius 1 is 1.00 bits per heavy atom. The maximum absolute atomic E-state index is 12.1. The van der Waals surface area contributed by atoms with Gasteiger partial charge in [-0.3, -0.25) is 9.59 Å². The Bertz CT molecular complexity index is 800. The van der Waals surface area contributed by atoms with Gasteiger partial charge in [-0.1, -0.05) is 18.8 Å². The molecule has 0 saturated carbocycles. The number of carbonyl (C=O) groups excluding carboxylic acids is 2. The summed E-state index contributed by atoms with van der Waals surface area (Å²) >= 11 is 0. The number of anilines is 1. The van der Waals surface area contributed by atoms with Crippen molar-refractivity contribution in [1.82, 2.24) is 5.32 Å². The summed E-state index contributed by atoms with van der Waals surface area (Å²) in [4.78, 5) is 23.2. The smallest absolute Gasteiger partial charge is 0.251 e. The molecule has 0 saturated heterocycles. The summed E-state index contributed by atoms with van der Waals surface area (Å²) in [5.41, 5.74) is 13.6. The lowest BCUT2D eigenvalue weighted by molar-refractivity contribution is -0.119. The molecule has 2 rings (SSSR count). The van der Waals surface area contributed by atoms with Gasteiger partial charge in [-0.15, -0.1) is 13.2 Å². The highest BCUT2D eigenvalue weighted by Crippen LogP contribution is 2.06. The predicted octanol–water partition coefficient (Wildman–Crippen LogP) is 2.46. The molecule has 26 heavy (non-hydrogen) atoms. The second-order valence-corrected chi connectivity index (χ2v) is 5.29. The van der Waals surface area contributed by atoms with Crippen molar-refractivity contribution in [2.75, 3.05) is 5.73 Å². The largest absolute Gasteiger partial charge is 0.399 e. The third-order valence-electron chi connectivity index (χ3n) is 3.47. The van der Waals surface area contributed by atoms with Crippen LogP contribution in [0, 0.1) is 11.8 Å². The molecule has 0 radical (unpaired) electrons. The molecule has 5 N–H and O–H groups in total. The predicted molar refractivity (Wildman–Crippen MR) is 105 cm³/mol. The molecular weight excluding hydrogens is 326 g/mol. The molecule has 0 bridgehead atoms. The van der Waals surface area contributed by atoms with Gasteiger partial charge in [0.1, 0.15) is 6.04 Å². The van der Waals surface area contributed by atoms with Crippen LogP contribution in [0.15, 0.2) is 61.7 Å². The Morgan fingerprint density at radius 3 is 1.88 bits per heavy atom. The van der Waals surface area contributed by atoms with Crippen LogP contribution in [0.1, 0.15) is 34.8 Å². The SMILES string of the molecule is C=C.CCC(NC(=O)c1ccc(C#Cc2ccc(N)cc2)cc1)C(N)=O. The van der Waals surface area contributed by atoms with Crippen molar-refractivity contribution in [2.24, 2.45) is 5.73 Å². The fourth-order valence-electron chi connectivity index (χ4n) is 2.03. The zero-order valence-electron chi connectivity index (χ0n) is 14.8. The van der Waals surface area contributed by atoms with E-state index in [9.17, 15) is 9.59 Å². The standard InChI is InChI=1S/C19H19N3O2.C2H4/c1-2-17(18(21)23)22-19(24)15-9-5-13(6-10-15)3-4-14-7-11-16(20)12-8-14;1-2/h5-12,17H,2,20H2,1H3,(H2,21,23)(H,22,24);1-2H2. The van der Waals surface area contributed by atoms with Crippen molar-refractivity contribution in [3.63, 3.8) is 0 Å². The molecule has 5 nitrogen and oxygen atoms in total. The van der Waals surface area contributed by atoms with E-state index in [2.05, 4.69) is 30.3 Å². The molecular formula is C21H23N3O2. The second-order valence-electron chi connectivity index (χ2n) is 5.29. The van der Waals surface area contributed by atoms with Gasteiger partial charge in [0.05, 0.1) is 0 Å². The minimum Gasteiger partial charge on any atom is -0.399 e.